The van der Waals surface area contributed by atoms with Crippen LogP contribution in [0.25, 0.3) is 27.7 Å². The summed E-state index contributed by atoms with van der Waals surface area (Å²) in [6, 6.07) is 16.5. The first kappa shape index (κ1) is 21.8. The summed E-state index contributed by atoms with van der Waals surface area (Å²) < 4.78 is 17.4. The molecule has 0 saturated carbocycles. The molecule has 0 saturated heterocycles. The molecule has 0 spiro atoms. The van der Waals surface area contributed by atoms with Gasteiger partial charge in [-0.15, -0.1) is 5.10 Å². The first-order valence-corrected chi connectivity index (χ1v) is 13.4. The Morgan fingerprint density at radius 1 is 1.12 bits per heavy atom. The number of aryl methyl sites for hydroxylation is 1. The molecule has 1 atom stereocenters. The number of nitrogens with one attached hydrogen (secondary N) is 2. The number of rotatable bonds is 6. The average Bonchev–Trinajstić information content (AvgIpc) is 3.42. The lowest BCUT2D eigenvalue weighted by molar-refractivity contribution is 0.0949. The first-order chi connectivity index (χ1) is 16.5. The van der Waals surface area contributed by atoms with Gasteiger partial charge in [-0.1, -0.05) is 24.7 Å². The highest BCUT2D eigenvalue weighted by Gasteiger charge is 2.19. The van der Waals surface area contributed by atoms with Crippen LogP contribution in [0.1, 0.15) is 21.6 Å². The molecule has 0 aliphatic heterocycles. The number of halogens is 1. The molecule has 2 aromatic carbocycles. The Labute approximate surface area is 198 Å². The van der Waals surface area contributed by atoms with E-state index in [4.69, 9.17) is 0 Å². The number of carbonyl (C=O) groups excluding carboxylic acids is 1. The first-order valence-electron chi connectivity index (χ1n) is 11.2. The second kappa shape index (κ2) is 8.75. The third kappa shape index (κ3) is 3.94. The number of pyridine rings is 1. The molecule has 34 heavy (non-hydrogen) atoms. The average molecular weight is 473 g/mol. The summed E-state index contributed by atoms with van der Waals surface area (Å²) in [7, 11) is 3.04. The molecule has 0 fully saturated rings. The molecule has 7 nitrogen and oxygen atoms in total. The fourth-order valence-electron chi connectivity index (χ4n) is 4.30. The molecule has 0 aliphatic rings. The topological polar surface area (TPSA) is 76.2 Å². The maximum Gasteiger partial charge on any atom is 0.253 e. The van der Waals surface area contributed by atoms with Crippen LogP contribution in [0, 0.1) is 5.82 Å². The van der Waals surface area contributed by atoms with Gasteiger partial charge in [0.2, 0.25) is 5.95 Å². The van der Waals surface area contributed by atoms with Crippen LogP contribution >= 0.6 is 0 Å². The largest absolute Gasteiger partial charge is 0.356 e. The zero-order valence-corrected chi connectivity index (χ0v) is 20.6. The fraction of sp³-hybridized carbons (Fsp3) is 0.160. The Morgan fingerprint density at radius 2 is 1.94 bits per heavy atom. The van der Waals surface area contributed by atoms with E-state index in [1.54, 1.807) is 17.6 Å². The molecule has 0 aliphatic carbocycles. The van der Waals surface area contributed by atoms with Crippen LogP contribution in [-0.4, -0.2) is 41.6 Å². The van der Waals surface area contributed by atoms with Gasteiger partial charge in [-0.2, -0.15) is 4.98 Å². The van der Waals surface area contributed by atoms with Crippen LogP contribution in [-0.2, 0) is 7.05 Å². The molecule has 1 amide bonds. The van der Waals surface area contributed by atoms with E-state index in [0.717, 1.165) is 33.2 Å². The molecule has 3 aromatic heterocycles. The van der Waals surface area contributed by atoms with E-state index in [-0.39, 0.29) is 17.4 Å². The number of benzene rings is 2. The molecule has 9 heteroatoms. The normalized spacial score (nSPS) is 12.6. The highest BCUT2D eigenvalue weighted by molar-refractivity contribution is 6.36. The predicted octanol–water partition coefficient (Wildman–Crippen LogP) is 3.71. The minimum absolute atomic E-state index is 0.140. The van der Waals surface area contributed by atoms with Gasteiger partial charge < -0.3 is 15.2 Å². The number of hydrogen-bond donors (Lipinski definition) is 2. The molecule has 0 radical (unpaired) electrons. The van der Waals surface area contributed by atoms with Crippen molar-refractivity contribution < 1.29 is 9.18 Å². The molecule has 2 N–H and O–H groups in total. The Morgan fingerprint density at radius 3 is 2.71 bits per heavy atom. The summed E-state index contributed by atoms with van der Waals surface area (Å²) in [5.74, 6) is 0.111. The van der Waals surface area contributed by atoms with E-state index < -0.39 is 9.52 Å². The summed E-state index contributed by atoms with van der Waals surface area (Å²) in [6.45, 7) is 2.11. The van der Waals surface area contributed by atoms with E-state index in [1.807, 2.05) is 60.4 Å². The lowest BCUT2D eigenvalue weighted by Crippen LogP contribution is -2.31. The molecule has 172 valence electrons. The number of hydrogen-bond acceptors (Lipinski definition) is 4. The second-order valence-corrected chi connectivity index (χ2v) is 9.91. The van der Waals surface area contributed by atoms with Gasteiger partial charge in [0, 0.05) is 52.6 Å². The molecule has 3 heterocycles. The van der Waals surface area contributed by atoms with E-state index in [2.05, 4.69) is 27.3 Å². The van der Waals surface area contributed by atoms with Gasteiger partial charge in [0.05, 0.1) is 5.56 Å². The summed E-state index contributed by atoms with van der Waals surface area (Å²) in [5, 5.41) is 11.3. The number of fused-ring (bicyclic) bond motifs is 2. The van der Waals surface area contributed by atoms with Gasteiger partial charge >= 0.3 is 0 Å². The standard InChI is InChI=1S/C25H25FN6OSi/c1-27-25-28-22-13-16(9-10-32(22)30-25)15-7-8-21-19(12-15)20(14-31(21)2)23(33)29-24(34-3)17-5-4-6-18(26)11-17/h4-14,24H,34H2,1-3H3,(H,27,30)(H,29,33). The van der Waals surface area contributed by atoms with Crippen molar-refractivity contribution in [3.8, 4) is 11.1 Å². The van der Waals surface area contributed by atoms with Crippen molar-refractivity contribution in [2.45, 2.75) is 12.2 Å². The quantitative estimate of drug-likeness (QED) is 0.370. The number of anilines is 1. The number of nitrogens with zero attached hydrogens (tertiary/aromatic N) is 4. The van der Waals surface area contributed by atoms with Crippen LogP contribution in [0.2, 0.25) is 6.55 Å². The molecular formula is C25H25FN6OSi. The predicted molar refractivity (Wildman–Crippen MR) is 135 cm³/mol. The van der Waals surface area contributed by atoms with Crippen molar-refractivity contribution in [2.24, 2.45) is 7.05 Å². The monoisotopic (exact) mass is 472 g/mol. The van der Waals surface area contributed by atoms with Crippen LogP contribution in [0.4, 0.5) is 10.3 Å². The zero-order chi connectivity index (χ0) is 23.8. The van der Waals surface area contributed by atoms with Crippen LogP contribution in [0.3, 0.4) is 0 Å². The maximum atomic E-state index is 13.7. The van der Waals surface area contributed by atoms with E-state index in [0.29, 0.717) is 11.5 Å². The molecule has 1 unspecified atom stereocenters. The molecule has 5 aromatic rings. The Kier molecular flexibility index (Phi) is 5.62. The number of carbonyl (C=O) groups is 1. The van der Waals surface area contributed by atoms with Gasteiger partial charge in [0.25, 0.3) is 5.91 Å². The van der Waals surface area contributed by atoms with Gasteiger partial charge in [-0.25, -0.2) is 8.91 Å². The van der Waals surface area contributed by atoms with E-state index in [9.17, 15) is 9.18 Å². The van der Waals surface area contributed by atoms with Crippen LogP contribution in [0.15, 0.2) is 67.0 Å². The van der Waals surface area contributed by atoms with Gasteiger partial charge in [-0.05, 0) is 53.1 Å². The number of amides is 1. The highest BCUT2D eigenvalue weighted by atomic mass is 28.2. The lowest BCUT2D eigenvalue weighted by atomic mass is 10.0. The van der Waals surface area contributed by atoms with E-state index >= 15 is 0 Å². The lowest BCUT2D eigenvalue weighted by Gasteiger charge is -2.17. The fourth-order valence-corrected chi connectivity index (χ4v) is 5.41. The minimum Gasteiger partial charge on any atom is -0.356 e. The third-order valence-electron chi connectivity index (χ3n) is 6.09. The smallest absolute Gasteiger partial charge is 0.253 e. The van der Waals surface area contributed by atoms with Crippen molar-refractivity contribution in [1.29, 1.82) is 0 Å². The van der Waals surface area contributed by atoms with Crippen LogP contribution < -0.4 is 10.6 Å². The van der Waals surface area contributed by atoms with Gasteiger partial charge in [-0.3, -0.25) is 4.79 Å². The summed E-state index contributed by atoms with van der Waals surface area (Å²) >= 11 is 0. The Balaban J connectivity index is 1.51. The Bertz CT molecular complexity index is 1520. The summed E-state index contributed by atoms with van der Waals surface area (Å²) in [5.41, 5.74) is 4.94. The third-order valence-corrected chi connectivity index (χ3v) is 7.59. The van der Waals surface area contributed by atoms with Crippen molar-refractivity contribution in [1.82, 2.24) is 24.5 Å². The maximum absolute atomic E-state index is 13.7. The zero-order valence-electron chi connectivity index (χ0n) is 19.2. The molecule has 5 rings (SSSR count). The number of aromatic nitrogens is 4. The van der Waals surface area contributed by atoms with Crippen molar-refractivity contribution in [3.63, 3.8) is 0 Å². The molecular weight excluding hydrogens is 447 g/mol. The summed E-state index contributed by atoms with van der Waals surface area (Å²) in [4.78, 5) is 17.8. The van der Waals surface area contributed by atoms with Gasteiger partial charge in [0.1, 0.15) is 5.82 Å². The van der Waals surface area contributed by atoms with Gasteiger partial charge in [0.15, 0.2) is 5.65 Å². The summed E-state index contributed by atoms with van der Waals surface area (Å²) in [6.07, 6.45) is 3.72. The van der Waals surface area contributed by atoms with Crippen molar-refractivity contribution in [3.05, 3.63) is 83.9 Å². The minimum atomic E-state index is -0.674. The Hall–Kier alpha value is -3.98. The SMILES string of the molecule is CNc1nc2cc(-c3ccc4c(c3)c(C(=O)NC([SiH2]C)c3cccc(F)c3)cn4C)ccn2n1. The second-order valence-electron chi connectivity index (χ2n) is 8.28. The van der Waals surface area contributed by atoms with Crippen molar-refractivity contribution in [2.75, 3.05) is 12.4 Å². The molecule has 0 bridgehead atoms. The van der Waals surface area contributed by atoms with Crippen molar-refractivity contribution >= 4 is 37.9 Å². The van der Waals surface area contributed by atoms with E-state index in [1.165, 1.54) is 12.1 Å². The highest BCUT2D eigenvalue weighted by Crippen LogP contribution is 2.29. The van der Waals surface area contributed by atoms with Crippen LogP contribution in [0.5, 0.6) is 0 Å².